The van der Waals surface area contributed by atoms with E-state index in [2.05, 4.69) is 23.4 Å². The maximum Gasteiger partial charge on any atom is 0.200 e. The fraction of sp³-hybridized carbons (Fsp3) is 0.950. The van der Waals surface area contributed by atoms with Crippen molar-refractivity contribution in [1.29, 1.82) is 0 Å². The zero-order valence-corrected chi connectivity index (χ0v) is 15.5. The molecule has 1 radical (unpaired) electrons. The van der Waals surface area contributed by atoms with E-state index in [1.165, 1.54) is 77.0 Å². The summed E-state index contributed by atoms with van der Waals surface area (Å²) in [5.74, 6) is 0. The Kier molecular flexibility index (Phi) is 13.6. The van der Waals surface area contributed by atoms with E-state index < -0.39 is 0 Å². The van der Waals surface area contributed by atoms with Crippen molar-refractivity contribution in [2.45, 2.75) is 96.4 Å². The third-order valence-corrected chi connectivity index (χ3v) is 5.09. The summed E-state index contributed by atoms with van der Waals surface area (Å²) in [6.45, 7) is 6.54. The summed E-state index contributed by atoms with van der Waals surface area (Å²) in [4.78, 5) is 13.1. The highest BCUT2D eigenvalue weighted by Gasteiger charge is 2.20. The normalized spacial score (nSPS) is 19.1. The average Bonchev–Trinajstić information content (AvgIpc) is 2.57. The average molecular weight is 324 g/mol. The highest BCUT2D eigenvalue weighted by molar-refractivity contribution is 5.51. The molecule has 1 aliphatic heterocycles. The summed E-state index contributed by atoms with van der Waals surface area (Å²) in [5, 5.41) is 3.38. The minimum absolute atomic E-state index is 0.383. The smallest absolute Gasteiger partial charge is 0.200 e. The van der Waals surface area contributed by atoms with Gasteiger partial charge >= 0.3 is 0 Å². The van der Waals surface area contributed by atoms with Crippen LogP contribution in [0.5, 0.6) is 0 Å². The van der Waals surface area contributed by atoms with Crippen LogP contribution < -0.4 is 5.32 Å². The van der Waals surface area contributed by atoms with Crippen LogP contribution in [0.15, 0.2) is 0 Å². The third kappa shape index (κ3) is 10.9. The number of rotatable bonds is 15. The van der Waals surface area contributed by atoms with Gasteiger partial charge in [0.1, 0.15) is 0 Å². The van der Waals surface area contributed by atoms with Crippen molar-refractivity contribution in [2.75, 3.05) is 26.2 Å². The predicted octanol–water partition coefficient (Wildman–Crippen LogP) is 4.46. The van der Waals surface area contributed by atoms with Gasteiger partial charge in [-0.05, 0) is 13.0 Å². The van der Waals surface area contributed by atoms with Crippen molar-refractivity contribution in [1.82, 2.24) is 10.2 Å². The van der Waals surface area contributed by atoms with E-state index in [1.54, 1.807) is 0 Å². The molecule has 0 aromatic carbocycles. The summed E-state index contributed by atoms with van der Waals surface area (Å²) in [6, 6.07) is 0.383. The van der Waals surface area contributed by atoms with Crippen LogP contribution in [-0.2, 0) is 4.79 Å². The van der Waals surface area contributed by atoms with Crippen LogP contribution in [0.2, 0.25) is 0 Å². The van der Waals surface area contributed by atoms with Crippen LogP contribution in [-0.4, -0.2) is 43.4 Å². The fourth-order valence-electron chi connectivity index (χ4n) is 3.55. The van der Waals surface area contributed by atoms with Gasteiger partial charge in [0, 0.05) is 32.1 Å². The molecule has 0 amide bonds. The van der Waals surface area contributed by atoms with Crippen molar-refractivity contribution < 1.29 is 4.79 Å². The number of hydrogen-bond acceptors (Lipinski definition) is 3. The Hall–Kier alpha value is -0.410. The number of piperazine rings is 1. The predicted molar refractivity (Wildman–Crippen MR) is 99.6 cm³/mol. The topological polar surface area (TPSA) is 32.3 Å². The molecule has 1 N–H and O–H groups in total. The van der Waals surface area contributed by atoms with Crippen LogP contribution in [0.4, 0.5) is 0 Å². The van der Waals surface area contributed by atoms with E-state index >= 15 is 0 Å². The summed E-state index contributed by atoms with van der Waals surface area (Å²) >= 11 is 0. The molecule has 1 atom stereocenters. The standard InChI is InChI=1S/C20H39N2O/c1-2-3-4-5-6-7-8-9-10-11-12-13-16-22-17-15-21-19-20(22)14-18-23/h20-21H,2-17,19H2,1H3. The van der Waals surface area contributed by atoms with Gasteiger partial charge < -0.3 is 5.32 Å². The van der Waals surface area contributed by atoms with Gasteiger partial charge in [0.05, 0.1) is 0 Å². The molecule has 0 aliphatic carbocycles. The lowest BCUT2D eigenvalue weighted by atomic mass is 10.0. The van der Waals surface area contributed by atoms with Crippen molar-refractivity contribution in [3.05, 3.63) is 0 Å². The lowest BCUT2D eigenvalue weighted by molar-refractivity contribution is 0.161. The van der Waals surface area contributed by atoms with Crippen LogP contribution in [0.25, 0.3) is 0 Å². The SMILES string of the molecule is CCCCCCCCCCCCCCN1CCNCC1C[C]=O. The second-order valence-corrected chi connectivity index (χ2v) is 7.13. The van der Waals surface area contributed by atoms with Gasteiger partial charge in [-0.25, -0.2) is 0 Å². The Morgan fingerprint density at radius 2 is 1.48 bits per heavy atom. The molecule has 135 valence electrons. The summed E-state index contributed by atoms with van der Waals surface area (Å²) in [5.41, 5.74) is 0. The number of nitrogens with zero attached hydrogens (tertiary/aromatic N) is 1. The lowest BCUT2D eigenvalue weighted by Gasteiger charge is -2.35. The van der Waals surface area contributed by atoms with E-state index in [1.807, 2.05) is 0 Å². The lowest BCUT2D eigenvalue weighted by Crippen LogP contribution is -2.51. The maximum absolute atomic E-state index is 10.6. The molecule has 1 heterocycles. The highest BCUT2D eigenvalue weighted by atomic mass is 16.1. The first-order valence-corrected chi connectivity index (χ1v) is 10.2. The first-order valence-electron chi connectivity index (χ1n) is 10.2. The first kappa shape index (κ1) is 20.6. The Labute approximate surface area is 144 Å². The van der Waals surface area contributed by atoms with Crippen molar-refractivity contribution >= 4 is 6.29 Å². The van der Waals surface area contributed by atoms with Crippen LogP contribution >= 0.6 is 0 Å². The van der Waals surface area contributed by atoms with Gasteiger partial charge in [-0.3, -0.25) is 9.69 Å². The van der Waals surface area contributed by atoms with E-state index in [4.69, 9.17) is 0 Å². The molecular weight excluding hydrogens is 284 g/mol. The molecule has 1 rings (SSSR count). The van der Waals surface area contributed by atoms with Crippen molar-refractivity contribution in [3.63, 3.8) is 0 Å². The van der Waals surface area contributed by atoms with E-state index in [0.717, 1.165) is 26.2 Å². The number of unbranched alkanes of at least 4 members (excludes halogenated alkanes) is 11. The second kappa shape index (κ2) is 15.1. The van der Waals surface area contributed by atoms with Gasteiger partial charge in [-0.2, -0.15) is 0 Å². The first-order chi connectivity index (χ1) is 11.4. The molecule has 0 aromatic heterocycles. The second-order valence-electron chi connectivity index (χ2n) is 7.13. The van der Waals surface area contributed by atoms with Gasteiger partial charge in [-0.15, -0.1) is 0 Å². The molecule has 0 saturated carbocycles. The fourth-order valence-corrected chi connectivity index (χ4v) is 3.55. The van der Waals surface area contributed by atoms with E-state index in [-0.39, 0.29) is 0 Å². The van der Waals surface area contributed by atoms with E-state index in [9.17, 15) is 4.79 Å². The molecule has 1 saturated heterocycles. The Morgan fingerprint density at radius 3 is 2.04 bits per heavy atom. The quantitative estimate of drug-likeness (QED) is 0.452. The van der Waals surface area contributed by atoms with Crippen LogP contribution in [0.1, 0.15) is 90.4 Å². The minimum atomic E-state index is 0.383. The van der Waals surface area contributed by atoms with Crippen LogP contribution in [0.3, 0.4) is 0 Å². The molecule has 1 aliphatic rings. The molecule has 1 unspecified atom stereocenters. The van der Waals surface area contributed by atoms with E-state index in [0.29, 0.717) is 12.5 Å². The highest BCUT2D eigenvalue weighted by Crippen LogP contribution is 2.13. The number of hydrogen-bond donors (Lipinski definition) is 1. The van der Waals surface area contributed by atoms with Gasteiger partial charge in [0.15, 0.2) is 6.29 Å². The monoisotopic (exact) mass is 323 g/mol. The van der Waals surface area contributed by atoms with Crippen molar-refractivity contribution in [3.8, 4) is 0 Å². The molecular formula is C20H39N2O. The minimum Gasteiger partial charge on any atom is -0.314 e. The molecule has 3 heteroatoms. The summed E-state index contributed by atoms with van der Waals surface area (Å²) < 4.78 is 0. The molecule has 23 heavy (non-hydrogen) atoms. The number of carbonyl (C=O) groups excluding carboxylic acids is 1. The maximum atomic E-state index is 10.6. The molecule has 0 bridgehead atoms. The van der Waals surface area contributed by atoms with Gasteiger partial charge in [0.25, 0.3) is 0 Å². The van der Waals surface area contributed by atoms with Gasteiger partial charge in [0.2, 0.25) is 0 Å². The molecule has 0 spiro atoms. The molecule has 1 fully saturated rings. The Bertz CT molecular complexity index is 270. The van der Waals surface area contributed by atoms with Crippen LogP contribution in [0, 0.1) is 0 Å². The molecule has 0 aromatic rings. The molecule has 3 nitrogen and oxygen atoms in total. The summed E-state index contributed by atoms with van der Waals surface area (Å²) in [7, 11) is 0. The Morgan fingerprint density at radius 1 is 0.913 bits per heavy atom. The zero-order valence-electron chi connectivity index (χ0n) is 15.5. The Balaban J connectivity index is 1.86. The van der Waals surface area contributed by atoms with Crippen molar-refractivity contribution in [2.24, 2.45) is 0 Å². The zero-order chi connectivity index (χ0) is 16.6. The number of nitrogens with one attached hydrogen (secondary N) is 1. The third-order valence-electron chi connectivity index (χ3n) is 5.09. The summed E-state index contributed by atoms with van der Waals surface area (Å²) in [6.07, 6.45) is 19.4. The van der Waals surface area contributed by atoms with Gasteiger partial charge in [-0.1, -0.05) is 77.6 Å². The largest absolute Gasteiger partial charge is 0.314 e.